The first kappa shape index (κ1) is 16.8. The summed E-state index contributed by atoms with van der Waals surface area (Å²) in [5.74, 6) is -0.00930. The lowest BCUT2D eigenvalue weighted by Crippen LogP contribution is -2.33. The van der Waals surface area contributed by atoms with E-state index < -0.39 is 0 Å². The largest absolute Gasteiger partial charge is 0.326 e. The molecule has 0 aliphatic carbocycles. The van der Waals surface area contributed by atoms with Crippen LogP contribution in [0.1, 0.15) is 36.6 Å². The maximum absolute atomic E-state index is 11.5. The van der Waals surface area contributed by atoms with Gasteiger partial charge < -0.3 is 5.32 Å². The third kappa shape index (κ3) is 3.11. The highest BCUT2D eigenvalue weighted by Gasteiger charge is 2.24. The number of carbonyl (C=O) groups excluding carboxylic acids is 1. The van der Waals surface area contributed by atoms with Crippen LogP contribution in [0, 0.1) is 0 Å². The van der Waals surface area contributed by atoms with Gasteiger partial charge in [-0.2, -0.15) is 0 Å². The van der Waals surface area contributed by atoms with Crippen LogP contribution >= 0.6 is 0 Å². The lowest BCUT2D eigenvalue weighted by Gasteiger charge is -2.35. The Morgan fingerprint density at radius 2 is 1.81 bits per heavy atom. The van der Waals surface area contributed by atoms with Crippen molar-refractivity contribution in [3.8, 4) is 0 Å². The highest BCUT2D eigenvalue weighted by molar-refractivity contribution is 5.90. The average molecular weight is 344 g/mol. The van der Waals surface area contributed by atoms with E-state index >= 15 is 0 Å². The number of nitrogens with one attached hydrogen (secondary N) is 1. The molecule has 0 spiro atoms. The predicted octanol–water partition coefficient (Wildman–Crippen LogP) is 4.92. The molecule has 0 unspecified atom stereocenters. The average Bonchev–Trinajstić information content (AvgIpc) is 2.66. The molecule has 0 fully saturated rings. The standard InChI is InChI=1S/C23H24N2O/c1-16(20-11-5-8-18-7-3-4-10-21(18)20)25-14-13-22-19(15-25)9-6-12-23(22)24-17(2)26/h3-12,16H,13-15H2,1-2H3,(H,24,26)/t16-/m1/s1. The van der Waals surface area contributed by atoms with Crippen LogP contribution in [0.4, 0.5) is 5.69 Å². The third-order valence-electron chi connectivity index (χ3n) is 5.43. The van der Waals surface area contributed by atoms with Crippen molar-refractivity contribution in [1.29, 1.82) is 0 Å². The smallest absolute Gasteiger partial charge is 0.221 e. The van der Waals surface area contributed by atoms with Gasteiger partial charge in [-0.3, -0.25) is 9.69 Å². The summed E-state index contributed by atoms with van der Waals surface area (Å²) < 4.78 is 0. The van der Waals surface area contributed by atoms with E-state index in [0.717, 1.165) is 25.2 Å². The normalized spacial score (nSPS) is 15.5. The summed E-state index contributed by atoms with van der Waals surface area (Å²) in [5, 5.41) is 5.60. The lowest BCUT2D eigenvalue weighted by molar-refractivity contribution is -0.114. The van der Waals surface area contributed by atoms with Crippen LogP contribution in [0.15, 0.2) is 60.7 Å². The molecule has 0 radical (unpaired) electrons. The minimum absolute atomic E-state index is 0.00930. The number of benzene rings is 3. The molecule has 3 aromatic rings. The van der Waals surface area contributed by atoms with Crippen molar-refractivity contribution in [3.05, 3.63) is 77.4 Å². The Labute approximate surface area is 154 Å². The van der Waals surface area contributed by atoms with Crippen LogP contribution in [-0.4, -0.2) is 17.4 Å². The van der Waals surface area contributed by atoms with Gasteiger partial charge in [0.15, 0.2) is 0 Å². The minimum Gasteiger partial charge on any atom is -0.326 e. The first-order valence-electron chi connectivity index (χ1n) is 9.23. The lowest BCUT2D eigenvalue weighted by atomic mass is 9.93. The van der Waals surface area contributed by atoms with E-state index in [9.17, 15) is 4.79 Å². The van der Waals surface area contributed by atoms with E-state index in [2.05, 4.69) is 65.7 Å². The first-order valence-corrected chi connectivity index (χ1v) is 9.23. The maximum Gasteiger partial charge on any atom is 0.221 e. The van der Waals surface area contributed by atoms with E-state index in [-0.39, 0.29) is 5.91 Å². The molecular formula is C23H24N2O. The van der Waals surface area contributed by atoms with Crippen molar-refractivity contribution in [1.82, 2.24) is 4.90 Å². The van der Waals surface area contributed by atoms with Crippen LogP contribution in [0.2, 0.25) is 0 Å². The number of hydrogen-bond donors (Lipinski definition) is 1. The molecule has 0 saturated heterocycles. The number of nitrogens with zero attached hydrogens (tertiary/aromatic N) is 1. The summed E-state index contributed by atoms with van der Waals surface area (Å²) in [7, 11) is 0. The van der Waals surface area contributed by atoms with Gasteiger partial charge in [-0.1, -0.05) is 54.6 Å². The number of anilines is 1. The summed E-state index contributed by atoms with van der Waals surface area (Å²) in [5.41, 5.74) is 4.94. The van der Waals surface area contributed by atoms with Crippen molar-refractivity contribution >= 4 is 22.4 Å². The van der Waals surface area contributed by atoms with Gasteiger partial charge in [-0.25, -0.2) is 0 Å². The molecule has 3 heteroatoms. The van der Waals surface area contributed by atoms with Gasteiger partial charge in [-0.05, 0) is 46.9 Å². The fourth-order valence-corrected chi connectivity index (χ4v) is 4.08. The SMILES string of the molecule is CC(=O)Nc1cccc2c1CCN([C@H](C)c1cccc3ccccc13)C2. The second-order valence-electron chi connectivity index (χ2n) is 7.09. The van der Waals surface area contributed by atoms with E-state index in [1.54, 1.807) is 6.92 Å². The molecule has 1 amide bonds. The molecule has 1 aliphatic rings. The quantitative estimate of drug-likeness (QED) is 0.731. The zero-order valence-corrected chi connectivity index (χ0v) is 15.3. The summed E-state index contributed by atoms with van der Waals surface area (Å²) in [6.07, 6.45) is 0.959. The number of fused-ring (bicyclic) bond motifs is 2. The molecule has 26 heavy (non-hydrogen) atoms. The van der Waals surface area contributed by atoms with Crippen LogP contribution in [0.3, 0.4) is 0 Å². The fraction of sp³-hybridized carbons (Fsp3) is 0.261. The highest BCUT2D eigenvalue weighted by Crippen LogP contribution is 2.33. The highest BCUT2D eigenvalue weighted by atomic mass is 16.1. The van der Waals surface area contributed by atoms with Crippen molar-refractivity contribution in [2.45, 2.75) is 32.9 Å². The Morgan fingerprint density at radius 3 is 2.65 bits per heavy atom. The Bertz CT molecular complexity index is 958. The van der Waals surface area contributed by atoms with Crippen LogP contribution in [-0.2, 0) is 17.8 Å². The molecule has 132 valence electrons. The fourth-order valence-electron chi connectivity index (χ4n) is 4.08. The zero-order chi connectivity index (χ0) is 18.1. The molecule has 4 rings (SSSR count). The Balaban J connectivity index is 1.63. The summed E-state index contributed by atoms with van der Waals surface area (Å²) in [4.78, 5) is 14.0. The molecule has 1 heterocycles. The van der Waals surface area contributed by atoms with E-state index in [1.807, 2.05) is 12.1 Å². The number of hydrogen-bond acceptors (Lipinski definition) is 2. The summed E-state index contributed by atoms with van der Waals surface area (Å²) in [6, 6.07) is 21.8. The first-order chi connectivity index (χ1) is 12.6. The minimum atomic E-state index is -0.00930. The molecule has 3 nitrogen and oxygen atoms in total. The monoisotopic (exact) mass is 344 g/mol. The maximum atomic E-state index is 11.5. The van der Waals surface area contributed by atoms with E-state index in [1.165, 1.54) is 27.5 Å². The van der Waals surface area contributed by atoms with E-state index in [0.29, 0.717) is 6.04 Å². The predicted molar refractivity (Wildman–Crippen MR) is 107 cm³/mol. The molecule has 3 aromatic carbocycles. The van der Waals surface area contributed by atoms with Crippen molar-refractivity contribution in [3.63, 3.8) is 0 Å². The van der Waals surface area contributed by atoms with Crippen molar-refractivity contribution < 1.29 is 4.79 Å². The van der Waals surface area contributed by atoms with Crippen LogP contribution in [0.25, 0.3) is 10.8 Å². The van der Waals surface area contributed by atoms with Crippen molar-refractivity contribution in [2.24, 2.45) is 0 Å². The molecule has 0 aromatic heterocycles. The van der Waals surface area contributed by atoms with E-state index in [4.69, 9.17) is 0 Å². The number of carbonyl (C=O) groups is 1. The molecule has 1 atom stereocenters. The molecule has 1 aliphatic heterocycles. The van der Waals surface area contributed by atoms with Gasteiger partial charge >= 0.3 is 0 Å². The molecular weight excluding hydrogens is 320 g/mol. The number of amides is 1. The van der Waals surface area contributed by atoms with Gasteiger partial charge in [-0.15, -0.1) is 0 Å². The van der Waals surface area contributed by atoms with Gasteiger partial charge in [0.1, 0.15) is 0 Å². The van der Waals surface area contributed by atoms with Gasteiger partial charge in [0.25, 0.3) is 0 Å². The van der Waals surface area contributed by atoms with Gasteiger partial charge in [0.2, 0.25) is 5.91 Å². The Kier molecular flexibility index (Phi) is 4.48. The second-order valence-corrected chi connectivity index (χ2v) is 7.09. The number of rotatable bonds is 3. The molecule has 0 bridgehead atoms. The van der Waals surface area contributed by atoms with Crippen LogP contribution in [0.5, 0.6) is 0 Å². The Hall–Kier alpha value is -2.65. The summed E-state index contributed by atoms with van der Waals surface area (Å²) in [6.45, 7) is 5.77. The topological polar surface area (TPSA) is 32.3 Å². The van der Waals surface area contributed by atoms with Crippen molar-refractivity contribution in [2.75, 3.05) is 11.9 Å². The van der Waals surface area contributed by atoms with Gasteiger partial charge in [0, 0.05) is 31.7 Å². The molecule has 0 saturated carbocycles. The Morgan fingerprint density at radius 1 is 1.04 bits per heavy atom. The summed E-state index contributed by atoms with van der Waals surface area (Å²) >= 11 is 0. The second kappa shape index (κ2) is 6.93. The van der Waals surface area contributed by atoms with Crippen LogP contribution < -0.4 is 5.32 Å². The zero-order valence-electron chi connectivity index (χ0n) is 15.3. The van der Waals surface area contributed by atoms with Gasteiger partial charge in [0.05, 0.1) is 0 Å². The molecule has 1 N–H and O–H groups in total. The third-order valence-corrected chi connectivity index (χ3v) is 5.43.